The van der Waals surface area contributed by atoms with Gasteiger partial charge < -0.3 is 0 Å². The second-order valence-electron chi connectivity index (χ2n) is 2.96. The average molecular weight is 187 g/mol. The van der Waals surface area contributed by atoms with E-state index in [4.69, 9.17) is 0 Å². The fourth-order valence-corrected chi connectivity index (χ4v) is 1.27. The van der Waals surface area contributed by atoms with Crippen molar-refractivity contribution in [3.8, 4) is 0 Å². The van der Waals surface area contributed by atoms with Crippen LogP contribution < -0.4 is 0 Å². The summed E-state index contributed by atoms with van der Waals surface area (Å²) in [5.74, 6) is 0. The van der Waals surface area contributed by atoms with Crippen molar-refractivity contribution in [3.05, 3.63) is 48.0 Å². The van der Waals surface area contributed by atoms with E-state index in [0.717, 1.165) is 11.8 Å². The van der Waals surface area contributed by atoms with Crippen LogP contribution in [-0.4, -0.2) is 21.1 Å². The molecule has 0 N–H and O–H groups in total. The Labute approximate surface area is 81.2 Å². The largest absolute Gasteiger partial charge is 0.298 e. The summed E-state index contributed by atoms with van der Waals surface area (Å²) in [4.78, 5) is 14.4. The van der Waals surface area contributed by atoms with E-state index in [2.05, 4.69) is 10.1 Å². The first kappa shape index (κ1) is 8.62. The zero-order chi connectivity index (χ0) is 9.80. The van der Waals surface area contributed by atoms with E-state index in [-0.39, 0.29) is 0 Å². The molecule has 14 heavy (non-hydrogen) atoms. The highest BCUT2D eigenvalue weighted by Gasteiger charge is 1.96. The van der Waals surface area contributed by atoms with Gasteiger partial charge >= 0.3 is 0 Å². The van der Waals surface area contributed by atoms with Crippen LogP contribution in [0.4, 0.5) is 0 Å². The van der Waals surface area contributed by atoms with Crippen LogP contribution in [-0.2, 0) is 6.54 Å². The number of aromatic nitrogens is 3. The SMILES string of the molecule is O=Cc1cccc(Cn2cncn2)c1. The Hall–Kier alpha value is -1.97. The second kappa shape index (κ2) is 3.83. The van der Waals surface area contributed by atoms with Gasteiger partial charge in [-0.2, -0.15) is 5.10 Å². The van der Waals surface area contributed by atoms with Gasteiger partial charge in [-0.05, 0) is 11.6 Å². The molecule has 1 heterocycles. The van der Waals surface area contributed by atoms with Crippen LogP contribution in [0.1, 0.15) is 15.9 Å². The van der Waals surface area contributed by atoms with Gasteiger partial charge in [-0.25, -0.2) is 9.67 Å². The molecule has 2 aromatic rings. The predicted octanol–water partition coefficient (Wildman–Crippen LogP) is 1.14. The van der Waals surface area contributed by atoms with E-state index >= 15 is 0 Å². The fraction of sp³-hybridized carbons (Fsp3) is 0.100. The second-order valence-corrected chi connectivity index (χ2v) is 2.96. The van der Waals surface area contributed by atoms with E-state index in [1.807, 2.05) is 18.2 Å². The molecular weight excluding hydrogens is 178 g/mol. The minimum absolute atomic E-state index is 0.641. The molecule has 0 amide bonds. The highest BCUT2D eigenvalue weighted by molar-refractivity contribution is 5.74. The first-order valence-electron chi connectivity index (χ1n) is 4.25. The maximum Gasteiger partial charge on any atom is 0.150 e. The van der Waals surface area contributed by atoms with E-state index in [1.54, 1.807) is 17.1 Å². The molecule has 0 aliphatic heterocycles. The van der Waals surface area contributed by atoms with E-state index in [1.165, 1.54) is 6.33 Å². The molecular formula is C10H9N3O. The minimum atomic E-state index is 0.641. The van der Waals surface area contributed by atoms with Crippen LogP contribution in [0, 0.1) is 0 Å². The first-order valence-corrected chi connectivity index (χ1v) is 4.25. The smallest absolute Gasteiger partial charge is 0.150 e. The lowest BCUT2D eigenvalue weighted by molar-refractivity contribution is 0.112. The molecule has 0 spiro atoms. The topological polar surface area (TPSA) is 47.8 Å². The molecule has 0 fully saturated rings. The number of nitrogens with zero attached hydrogens (tertiary/aromatic N) is 3. The Kier molecular flexibility index (Phi) is 2.36. The first-order chi connectivity index (χ1) is 6.88. The fourth-order valence-electron chi connectivity index (χ4n) is 1.27. The minimum Gasteiger partial charge on any atom is -0.298 e. The molecule has 0 atom stereocenters. The lowest BCUT2D eigenvalue weighted by Crippen LogP contribution is -2.00. The molecule has 0 aliphatic carbocycles. The van der Waals surface area contributed by atoms with E-state index in [0.29, 0.717) is 12.1 Å². The van der Waals surface area contributed by atoms with Crippen molar-refractivity contribution in [3.63, 3.8) is 0 Å². The van der Waals surface area contributed by atoms with Crippen LogP contribution in [0.2, 0.25) is 0 Å². The normalized spacial score (nSPS) is 10.0. The third-order valence-corrected chi connectivity index (χ3v) is 1.90. The monoisotopic (exact) mass is 187 g/mol. The number of rotatable bonds is 3. The number of hydrogen-bond acceptors (Lipinski definition) is 3. The van der Waals surface area contributed by atoms with Crippen molar-refractivity contribution in [2.75, 3.05) is 0 Å². The molecule has 1 aromatic carbocycles. The predicted molar refractivity (Wildman–Crippen MR) is 51.0 cm³/mol. The van der Waals surface area contributed by atoms with Gasteiger partial charge in [-0.15, -0.1) is 0 Å². The van der Waals surface area contributed by atoms with Gasteiger partial charge in [0.15, 0.2) is 0 Å². The maximum atomic E-state index is 10.5. The van der Waals surface area contributed by atoms with Crippen molar-refractivity contribution >= 4 is 6.29 Å². The van der Waals surface area contributed by atoms with Gasteiger partial charge in [0.05, 0.1) is 6.54 Å². The maximum absolute atomic E-state index is 10.5. The van der Waals surface area contributed by atoms with Crippen LogP contribution in [0.5, 0.6) is 0 Å². The van der Waals surface area contributed by atoms with Gasteiger partial charge in [0.25, 0.3) is 0 Å². The zero-order valence-corrected chi connectivity index (χ0v) is 7.50. The number of carbonyl (C=O) groups is 1. The number of benzene rings is 1. The summed E-state index contributed by atoms with van der Waals surface area (Å²) in [6.45, 7) is 0.641. The summed E-state index contributed by atoms with van der Waals surface area (Å²) >= 11 is 0. The molecule has 2 rings (SSSR count). The van der Waals surface area contributed by atoms with Crippen LogP contribution in [0.15, 0.2) is 36.9 Å². The summed E-state index contributed by atoms with van der Waals surface area (Å²) in [5, 5.41) is 3.98. The third-order valence-electron chi connectivity index (χ3n) is 1.90. The summed E-state index contributed by atoms with van der Waals surface area (Å²) < 4.78 is 1.71. The molecule has 4 heteroatoms. The highest BCUT2D eigenvalue weighted by atomic mass is 16.1. The molecule has 0 saturated heterocycles. The summed E-state index contributed by atoms with van der Waals surface area (Å²) in [6, 6.07) is 7.43. The lowest BCUT2D eigenvalue weighted by atomic mass is 10.1. The Morgan fingerprint density at radius 2 is 2.36 bits per heavy atom. The average Bonchev–Trinajstić information content (AvgIpc) is 2.71. The van der Waals surface area contributed by atoms with Crippen LogP contribution in [0.25, 0.3) is 0 Å². The highest BCUT2D eigenvalue weighted by Crippen LogP contribution is 2.04. The molecule has 0 radical (unpaired) electrons. The Morgan fingerprint density at radius 3 is 3.07 bits per heavy atom. The molecule has 1 aromatic heterocycles. The number of hydrogen-bond donors (Lipinski definition) is 0. The summed E-state index contributed by atoms with van der Waals surface area (Å²) in [5.41, 5.74) is 1.72. The van der Waals surface area contributed by atoms with Gasteiger partial charge in [0.2, 0.25) is 0 Å². The molecule has 0 saturated carbocycles. The summed E-state index contributed by atoms with van der Waals surface area (Å²) in [6.07, 6.45) is 3.97. The van der Waals surface area contributed by atoms with Gasteiger partial charge in [-0.1, -0.05) is 18.2 Å². The van der Waals surface area contributed by atoms with Gasteiger partial charge in [0.1, 0.15) is 18.9 Å². The van der Waals surface area contributed by atoms with Crippen LogP contribution >= 0.6 is 0 Å². The molecule has 0 unspecified atom stereocenters. The Balaban J connectivity index is 2.21. The zero-order valence-electron chi connectivity index (χ0n) is 7.50. The quantitative estimate of drug-likeness (QED) is 0.677. The van der Waals surface area contributed by atoms with E-state index in [9.17, 15) is 4.79 Å². The molecule has 70 valence electrons. The lowest BCUT2D eigenvalue weighted by Gasteiger charge is -2.00. The molecule has 0 bridgehead atoms. The molecule has 0 aliphatic rings. The number of carbonyl (C=O) groups excluding carboxylic acids is 1. The Bertz CT molecular complexity index is 423. The van der Waals surface area contributed by atoms with Crippen molar-refractivity contribution in [2.24, 2.45) is 0 Å². The molecule has 4 nitrogen and oxygen atoms in total. The van der Waals surface area contributed by atoms with Crippen molar-refractivity contribution in [1.29, 1.82) is 0 Å². The van der Waals surface area contributed by atoms with Crippen molar-refractivity contribution < 1.29 is 4.79 Å². The van der Waals surface area contributed by atoms with Crippen molar-refractivity contribution in [2.45, 2.75) is 6.54 Å². The van der Waals surface area contributed by atoms with Crippen molar-refractivity contribution in [1.82, 2.24) is 14.8 Å². The van der Waals surface area contributed by atoms with Gasteiger partial charge in [-0.3, -0.25) is 4.79 Å². The number of aldehydes is 1. The Morgan fingerprint density at radius 1 is 1.43 bits per heavy atom. The standard InChI is InChI=1S/C10H9N3O/c14-6-10-3-1-2-9(4-10)5-13-8-11-7-12-13/h1-4,6-8H,5H2. The van der Waals surface area contributed by atoms with E-state index < -0.39 is 0 Å². The third kappa shape index (κ3) is 1.85. The summed E-state index contributed by atoms with van der Waals surface area (Å²) in [7, 11) is 0. The van der Waals surface area contributed by atoms with Gasteiger partial charge in [0, 0.05) is 5.56 Å². The van der Waals surface area contributed by atoms with Crippen LogP contribution in [0.3, 0.4) is 0 Å².